The summed E-state index contributed by atoms with van der Waals surface area (Å²) < 4.78 is 0. The highest BCUT2D eigenvalue weighted by molar-refractivity contribution is 6.33. The molecule has 0 amide bonds. The van der Waals surface area contributed by atoms with Crippen molar-refractivity contribution >= 4 is 29.2 Å². The molecular weight excluding hydrogens is 352 g/mol. The van der Waals surface area contributed by atoms with Crippen LogP contribution in [0.2, 0.25) is 5.02 Å². The second-order valence-electron chi connectivity index (χ2n) is 9.46. The van der Waals surface area contributed by atoms with Gasteiger partial charge in [0, 0.05) is 30.1 Å². The molecule has 3 heteroatoms. The first-order valence-corrected chi connectivity index (χ1v) is 10.1. The van der Waals surface area contributed by atoms with Gasteiger partial charge in [0.25, 0.3) is 0 Å². The molecule has 0 N–H and O–H groups in total. The van der Waals surface area contributed by atoms with Crippen LogP contribution in [0.4, 0.5) is 11.4 Å². The minimum Gasteiger partial charge on any atom is -0.369 e. The second kappa shape index (κ2) is 6.98. The summed E-state index contributed by atoms with van der Waals surface area (Å²) in [5.74, 6) is 0.502. The topological polar surface area (TPSA) is 15.6 Å². The lowest BCUT2D eigenvalue weighted by Crippen LogP contribution is -2.45. The molecule has 1 aliphatic heterocycles. The average molecular weight is 383 g/mol. The van der Waals surface area contributed by atoms with Crippen molar-refractivity contribution in [2.75, 3.05) is 11.9 Å². The van der Waals surface area contributed by atoms with Crippen molar-refractivity contribution in [1.82, 2.24) is 0 Å². The van der Waals surface area contributed by atoms with Gasteiger partial charge in [0.1, 0.15) is 0 Å². The van der Waals surface area contributed by atoms with E-state index in [0.717, 1.165) is 22.7 Å². The fourth-order valence-corrected chi connectivity index (χ4v) is 4.10. The van der Waals surface area contributed by atoms with Gasteiger partial charge in [-0.3, -0.25) is 4.99 Å². The summed E-state index contributed by atoms with van der Waals surface area (Å²) in [6, 6.07) is 12.8. The van der Waals surface area contributed by atoms with Gasteiger partial charge in [-0.15, -0.1) is 0 Å². The summed E-state index contributed by atoms with van der Waals surface area (Å²) in [4.78, 5) is 7.01. The van der Waals surface area contributed by atoms with Crippen LogP contribution in [0.15, 0.2) is 41.4 Å². The van der Waals surface area contributed by atoms with E-state index in [1.807, 2.05) is 6.21 Å². The van der Waals surface area contributed by atoms with Crippen molar-refractivity contribution < 1.29 is 0 Å². The van der Waals surface area contributed by atoms with Gasteiger partial charge in [-0.05, 0) is 67.0 Å². The lowest BCUT2D eigenvalue weighted by Gasteiger charge is -2.45. The summed E-state index contributed by atoms with van der Waals surface area (Å²) in [6.45, 7) is 13.5. The van der Waals surface area contributed by atoms with Crippen LogP contribution in [-0.4, -0.2) is 18.8 Å². The van der Waals surface area contributed by atoms with E-state index in [1.165, 1.54) is 16.8 Å². The Morgan fingerprint density at radius 2 is 1.78 bits per heavy atom. The Labute approximate surface area is 169 Å². The fraction of sp³-hybridized carbons (Fsp3) is 0.458. The van der Waals surface area contributed by atoms with E-state index < -0.39 is 0 Å². The van der Waals surface area contributed by atoms with Crippen LogP contribution in [0.25, 0.3) is 0 Å². The van der Waals surface area contributed by atoms with Gasteiger partial charge in [0.2, 0.25) is 0 Å². The molecule has 2 nitrogen and oxygen atoms in total. The number of benzene rings is 2. The quantitative estimate of drug-likeness (QED) is 0.505. The summed E-state index contributed by atoms with van der Waals surface area (Å²) in [5.41, 5.74) is 6.12. The molecule has 1 heterocycles. The lowest BCUT2D eigenvalue weighted by molar-refractivity contribution is 0.395. The minimum atomic E-state index is 0.139. The number of halogens is 1. The van der Waals surface area contributed by atoms with E-state index in [0.29, 0.717) is 5.92 Å². The Morgan fingerprint density at radius 3 is 2.37 bits per heavy atom. The van der Waals surface area contributed by atoms with E-state index >= 15 is 0 Å². The maximum absolute atomic E-state index is 6.60. The van der Waals surface area contributed by atoms with Gasteiger partial charge in [0.15, 0.2) is 0 Å². The first-order chi connectivity index (χ1) is 12.5. The van der Waals surface area contributed by atoms with Crippen molar-refractivity contribution in [3.63, 3.8) is 0 Å². The van der Waals surface area contributed by atoms with E-state index in [-0.39, 0.29) is 11.0 Å². The molecule has 0 spiro atoms. The van der Waals surface area contributed by atoms with Gasteiger partial charge in [-0.25, -0.2) is 0 Å². The third kappa shape index (κ3) is 4.06. The summed E-state index contributed by atoms with van der Waals surface area (Å²) >= 11 is 6.60. The fourth-order valence-electron chi connectivity index (χ4n) is 3.90. The van der Waals surface area contributed by atoms with Crippen LogP contribution in [-0.2, 0) is 5.41 Å². The molecule has 2 aromatic rings. The molecule has 1 unspecified atom stereocenters. The highest BCUT2D eigenvalue weighted by Crippen LogP contribution is 2.44. The minimum absolute atomic E-state index is 0.139. The molecule has 1 aliphatic rings. The molecule has 0 aromatic heterocycles. The molecule has 0 aliphatic carbocycles. The smallest absolute Gasteiger partial charge is 0.0630 e. The zero-order valence-electron chi connectivity index (χ0n) is 17.6. The molecule has 0 saturated carbocycles. The van der Waals surface area contributed by atoms with Crippen LogP contribution in [0.3, 0.4) is 0 Å². The highest BCUT2D eigenvalue weighted by Gasteiger charge is 2.34. The normalized spacial score (nSPS) is 19.4. The van der Waals surface area contributed by atoms with Crippen LogP contribution >= 0.6 is 11.6 Å². The maximum atomic E-state index is 6.60. The molecule has 1 atom stereocenters. The summed E-state index contributed by atoms with van der Waals surface area (Å²) in [5, 5.41) is 0.751. The molecule has 0 saturated heterocycles. The molecule has 2 aromatic carbocycles. The van der Waals surface area contributed by atoms with E-state index in [9.17, 15) is 0 Å². The Hall–Kier alpha value is -1.80. The van der Waals surface area contributed by atoms with Crippen molar-refractivity contribution in [2.45, 2.75) is 64.8 Å². The number of aliphatic imine (C=N–C) groups is 1. The maximum Gasteiger partial charge on any atom is 0.0630 e. The van der Waals surface area contributed by atoms with Crippen LogP contribution in [0, 0.1) is 0 Å². The first-order valence-electron chi connectivity index (χ1n) is 9.71. The lowest BCUT2D eigenvalue weighted by atomic mass is 9.80. The van der Waals surface area contributed by atoms with Crippen molar-refractivity contribution in [3.05, 3.63) is 58.1 Å². The Bertz CT molecular complexity index is 857. The largest absolute Gasteiger partial charge is 0.369 e. The monoisotopic (exact) mass is 382 g/mol. The van der Waals surface area contributed by atoms with Gasteiger partial charge >= 0.3 is 0 Å². The second-order valence-corrected chi connectivity index (χ2v) is 9.87. The van der Waals surface area contributed by atoms with Gasteiger partial charge in [-0.1, -0.05) is 51.4 Å². The number of rotatable bonds is 2. The number of anilines is 1. The molecular formula is C24H31ClN2. The zero-order chi connectivity index (χ0) is 20.0. The van der Waals surface area contributed by atoms with Crippen LogP contribution < -0.4 is 4.90 Å². The summed E-state index contributed by atoms with van der Waals surface area (Å²) in [6.07, 6.45) is 3.02. The summed E-state index contributed by atoms with van der Waals surface area (Å²) in [7, 11) is 2.16. The van der Waals surface area contributed by atoms with E-state index in [1.54, 1.807) is 0 Å². The van der Waals surface area contributed by atoms with Gasteiger partial charge in [-0.2, -0.15) is 0 Å². The molecule has 3 rings (SSSR count). The average Bonchev–Trinajstić information content (AvgIpc) is 2.57. The predicted molar refractivity (Wildman–Crippen MR) is 119 cm³/mol. The highest BCUT2D eigenvalue weighted by atomic mass is 35.5. The molecule has 27 heavy (non-hydrogen) atoms. The Morgan fingerprint density at radius 1 is 1.15 bits per heavy atom. The van der Waals surface area contributed by atoms with Gasteiger partial charge < -0.3 is 4.90 Å². The third-order valence-corrected chi connectivity index (χ3v) is 6.17. The first kappa shape index (κ1) is 19.9. The molecule has 0 bridgehead atoms. The van der Waals surface area contributed by atoms with Crippen molar-refractivity contribution in [3.8, 4) is 0 Å². The van der Waals surface area contributed by atoms with Crippen LogP contribution in [0.1, 0.15) is 70.6 Å². The number of nitrogens with zero attached hydrogens (tertiary/aromatic N) is 2. The predicted octanol–water partition coefficient (Wildman–Crippen LogP) is 7.11. The standard InChI is InChI=1S/C24H31ClN2/c1-16-14-24(5,6)27(7)22-13-21(25)17(12-20(16)22)15-26-19-10-8-18(9-11-19)23(2,3)4/h8-13,15-16H,14H2,1-7H3. The number of hydrogen-bond acceptors (Lipinski definition) is 2. The number of hydrogen-bond donors (Lipinski definition) is 0. The Kier molecular flexibility index (Phi) is 5.16. The zero-order valence-corrected chi connectivity index (χ0v) is 18.4. The SMILES string of the molecule is CC1CC(C)(C)N(C)c2cc(Cl)c(C=Nc3ccc(C(C)(C)C)cc3)cc21. The van der Waals surface area contributed by atoms with E-state index in [4.69, 9.17) is 11.6 Å². The third-order valence-electron chi connectivity index (χ3n) is 5.84. The van der Waals surface area contributed by atoms with Crippen LogP contribution in [0.5, 0.6) is 0 Å². The molecule has 144 valence electrons. The number of fused-ring (bicyclic) bond motifs is 1. The molecule has 0 fully saturated rings. The van der Waals surface area contributed by atoms with Gasteiger partial charge in [0.05, 0.1) is 10.7 Å². The van der Waals surface area contributed by atoms with Crippen molar-refractivity contribution in [2.24, 2.45) is 4.99 Å². The Balaban J connectivity index is 1.90. The van der Waals surface area contributed by atoms with Crippen molar-refractivity contribution in [1.29, 1.82) is 0 Å². The van der Waals surface area contributed by atoms with E-state index in [2.05, 4.69) is 94.9 Å². The molecule has 0 radical (unpaired) electrons.